The van der Waals surface area contributed by atoms with E-state index in [0.717, 1.165) is 23.5 Å². The van der Waals surface area contributed by atoms with Crippen LogP contribution in [-0.4, -0.2) is 49.9 Å². The molecule has 9 heteroatoms. The smallest absolute Gasteiger partial charge is 0.317 e. The summed E-state index contributed by atoms with van der Waals surface area (Å²) in [4.78, 5) is 21.9. The zero-order valence-electron chi connectivity index (χ0n) is 9.99. The molecule has 0 N–H and O–H groups in total. The first-order chi connectivity index (χ1) is 9.20. The monoisotopic (exact) mass is 304 g/mol. The van der Waals surface area contributed by atoms with E-state index in [2.05, 4.69) is 0 Å². The molecule has 0 spiro atoms. The summed E-state index contributed by atoms with van der Waals surface area (Å²) in [6, 6.07) is 0. The van der Waals surface area contributed by atoms with E-state index in [1.54, 1.807) is 10.8 Å². The third-order valence-corrected chi connectivity index (χ3v) is 2.51. The molecule has 19 heavy (non-hydrogen) atoms. The van der Waals surface area contributed by atoms with Crippen LogP contribution in [0.25, 0.3) is 0 Å². The molecule has 0 aliphatic carbocycles. The first-order valence-electron chi connectivity index (χ1n) is 5.11. The number of carbonyl (C=O) groups excluding carboxylic acids is 2. The molecule has 0 aromatic rings. The molecule has 0 radical (unpaired) electrons. The molecule has 0 amide bonds. The topological polar surface area (TPSA) is 109 Å². The molecule has 0 rings (SSSR count). The molecule has 0 aliphatic heterocycles. The van der Waals surface area contributed by atoms with E-state index in [1.165, 1.54) is 0 Å². The minimum absolute atomic E-state index is 0.00925. The van der Waals surface area contributed by atoms with Crippen molar-refractivity contribution in [3.63, 3.8) is 0 Å². The van der Waals surface area contributed by atoms with Crippen molar-refractivity contribution in [2.24, 2.45) is 0 Å². The molecule has 0 saturated heterocycles. The third-order valence-electron chi connectivity index (χ3n) is 1.49. The van der Waals surface area contributed by atoms with Crippen molar-refractivity contribution in [3.8, 4) is 10.8 Å². The summed E-state index contributed by atoms with van der Waals surface area (Å²) in [5.41, 5.74) is 0. The minimum Gasteiger partial charge on any atom is -0.463 e. The normalized spacial score (nSPS) is 9.16. The van der Waals surface area contributed by atoms with Crippen LogP contribution in [0.3, 0.4) is 0 Å². The van der Waals surface area contributed by atoms with Crippen molar-refractivity contribution in [1.29, 1.82) is 10.5 Å². The summed E-state index contributed by atoms with van der Waals surface area (Å²) in [6.07, 6.45) is 0. The summed E-state index contributed by atoms with van der Waals surface area (Å²) < 4.78 is 14.5. The van der Waals surface area contributed by atoms with Gasteiger partial charge in [0, 0.05) is 0 Å². The Morgan fingerprint density at radius 1 is 0.842 bits per heavy atom. The molecule has 104 valence electrons. The summed E-state index contributed by atoms with van der Waals surface area (Å²) in [5, 5.41) is 19.9. The molecule has 0 aromatic carbocycles. The van der Waals surface area contributed by atoms with E-state index in [4.69, 9.17) is 24.7 Å². The summed E-state index contributed by atoms with van der Waals surface area (Å²) in [5.74, 6) is -0.972. The van der Waals surface area contributed by atoms with Crippen LogP contribution < -0.4 is 0 Å². The zero-order valence-corrected chi connectivity index (χ0v) is 11.6. The van der Waals surface area contributed by atoms with E-state index in [1.807, 2.05) is 0 Å². The highest BCUT2D eigenvalue weighted by molar-refractivity contribution is 8.04. The SMILES string of the molecule is N#CSCC(=O)OCCOCCOC(=O)CSC#N. The molecule has 0 bridgehead atoms. The summed E-state index contributed by atoms with van der Waals surface area (Å²) in [6.45, 7) is 0.549. The Kier molecular flexibility index (Phi) is 12.0. The Morgan fingerprint density at radius 2 is 1.26 bits per heavy atom. The highest BCUT2D eigenvalue weighted by atomic mass is 32.2. The van der Waals surface area contributed by atoms with Crippen LogP contribution >= 0.6 is 23.5 Å². The van der Waals surface area contributed by atoms with Crippen LogP contribution in [0.4, 0.5) is 0 Å². The molecular formula is C10H12N2O5S2. The number of hydrogen-bond acceptors (Lipinski definition) is 9. The van der Waals surface area contributed by atoms with Gasteiger partial charge < -0.3 is 14.2 Å². The second kappa shape index (κ2) is 13.0. The van der Waals surface area contributed by atoms with Gasteiger partial charge in [-0.1, -0.05) is 0 Å². The van der Waals surface area contributed by atoms with E-state index >= 15 is 0 Å². The summed E-state index contributed by atoms with van der Waals surface area (Å²) >= 11 is 1.61. The fourth-order valence-corrected chi connectivity index (χ4v) is 1.33. The number of thiocyanates is 2. The van der Waals surface area contributed by atoms with E-state index in [9.17, 15) is 9.59 Å². The molecular weight excluding hydrogens is 292 g/mol. The number of ether oxygens (including phenoxy) is 3. The van der Waals surface area contributed by atoms with Crippen molar-refractivity contribution < 1.29 is 23.8 Å². The molecule has 0 aliphatic rings. The molecule has 0 saturated carbocycles. The van der Waals surface area contributed by atoms with Crippen LogP contribution in [0.2, 0.25) is 0 Å². The Balaban J connectivity index is 3.28. The van der Waals surface area contributed by atoms with Crippen LogP contribution in [0.1, 0.15) is 0 Å². The first-order valence-corrected chi connectivity index (χ1v) is 7.08. The minimum atomic E-state index is -0.477. The van der Waals surface area contributed by atoms with Gasteiger partial charge in [0.25, 0.3) is 0 Å². The predicted octanol–water partition coefficient (Wildman–Crippen LogP) is 0.518. The Morgan fingerprint density at radius 3 is 1.63 bits per heavy atom. The van der Waals surface area contributed by atoms with Gasteiger partial charge in [-0.05, 0) is 23.5 Å². The van der Waals surface area contributed by atoms with Crippen molar-refractivity contribution in [3.05, 3.63) is 0 Å². The van der Waals surface area contributed by atoms with Gasteiger partial charge in [0.05, 0.1) is 13.2 Å². The molecule has 0 atom stereocenters. The molecule has 0 heterocycles. The highest BCUT2D eigenvalue weighted by Crippen LogP contribution is 1.97. The highest BCUT2D eigenvalue weighted by Gasteiger charge is 2.03. The largest absolute Gasteiger partial charge is 0.463 e. The Labute approximate surface area is 119 Å². The lowest BCUT2D eigenvalue weighted by molar-refractivity contribution is -0.143. The first kappa shape index (κ1) is 17.6. The van der Waals surface area contributed by atoms with Crippen LogP contribution in [0, 0.1) is 21.3 Å². The van der Waals surface area contributed by atoms with Gasteiger partial charge in [0.1, 0.15) is 35.5 Å². The Bertz CT molecular complexity index is 330. The van der Waals surface area contributed by atoms with Gasteiger partial charge in [-0.3, -0.25) is 9.59 Å². The number of carbonyl (C=O) groups is 2. The van der Waals surface area contributed by atoms with Crippen molar-refractivity contribution >= 4 is 35.5 Å². The van der Waals surface area contributed by atoms with Gasteiger partial charge in [-0.15, -0.1) is 0 Å². The number of nitrogens with zero attached hydrogens (tertiary/aromatic N) is 2. The molecule has 0 fully saturated rings. The third kappa shape index (κ3) is 12.8. The lowest BCUT2D eigenvalue weighted by atomic mass is 10.7. The van der Waals surface area contributed by atoms with Gasteiger partial charge >= 0.3 is 11.9 Å². The number of hydrogen-bond donors (Lipinski definition) is 0. The standard InChI is InChI=1S/C10H12N2O5S2/c11-7-18-5-9(13)16-3-1-15-2-4-17-10(14)6-19-8-12/h1-6H2. The average molecular weight is 304 g/mol. The lowest BCUT2D eigenvalue weighted by Gasteiger charge is -2.06. The molecule has 7 nitrogen and oxygen atoms in total. The van der Waals surface area contributed by atoms with E-state index in [0.29, 0.717) is 0 Å². The Hall–Kier alpha value is -1.42. The van der Waals surface area contributed by atoms with E-state index < -0.39 is 11.9 Å². The summed E-state index contributed by atoms with van der Waals surface area (Å²) in [7, 11) is 0. The fraction of sp³-hybridized carbons (Fsp3) is 0.600. The maximum Gasteiger partial charge on any atom is 0.317 e. The maximum absolute atomic E-state index is 10.9. The van der Waals surface area contributed by atoms with Crippen LogP contribution in [0.15, 0.2) is 0 Å². The van der Waals surface area contributed by atoms with Gasteiger partial charge in [0.15, 0.2) is 0 Å². The van der Waals surface area contributed by atoms with Crippen molar-refractivity contribution in [2.75, 3.05) is 37.9 Å². The van der Waals surface area contributed by atoms with Crippen molar-refractivity contribution in [2.45, 2.75) is 0 Å². The second-order valence-electron chi connectivity index (χ2n) is 2.81. The zero-order chi connectivity index (χ0) is 14.3. The van der Waals surface area contributed by atoms with Crippen LogP contribution in [0.5, 0.6) is 0 Å². The molecule has 0 unspecified atom stereocenters. The van der Waals surface area contributed by atoms with Crippen molar-refractivity contribution in [1.82, 2.24) is 0 Å². The predicted molar refractivity (Wildman–Crippen MR) is 68.9 cm³/mol. The number of thioether (sulfide) groups is 2. The van der Waals surface area contributed by atoms with Crippen LogP contribution in [-0.2, 0) is 23.8 Å². The number of esters is 2. The maximum atomic E-state index is 10.9. The quantitative estimate of drug-likeness (QED) is 0.324. The second-order valence-corrected chi connectivity index (χ2v) is 4.33. The molecule has 0 aromatic heterocycles. The number of nitriles is 2. The van der Waals surface area contributed by atoms with Gasteiger partial charge in [0.2, 0.25) is 0 Å². The number of rotatable bonds is 10. The van der Waals surface area contributed by atoms with Gasteiger partial charge in [-0.2, -0.15) is 10.5 Å². The van der Waals surface area contributed by atoms with Gasteiger partial charge in [-0.25, -0.2) is 0 Å². The lowest BCUT2D eigenvalue weighted by Crippen LogP contribution is -2.15. The van der Waals surface area contributed by atoms with E-state index in [-0.39, 0.29) is 37.9 Å². The average Bonchev–Trinajstić information content (AvgIpc) is 2.41. The fourth-order valence-electron chi connectivity index (χ4n) is 0.797.